The Labute approximate surface area is 60.4 Å². The van der Waals surface area contributed by atoms with Gasteiger partial charge in [-0.2, -0.15) is 0 Å². The number of aliphatic hydroxyl groups excluding tert-OH is 1. The molecule has 1 aliphatic rings. The minimum Gasteiger partial charge on any atom is -0.393 e. The lowest BCUT2D eigenvalue weighted by molar-refractivity contribution is 0.0596. The van der Waals surface area contributed by atoms with Crippen molar-refractivity contribution in [3.8, 4) is 0 Å². The van der Waals surface area contributed by atoms with Gasteiger partial charge in [-0.05, 0) is 32.4 Å². The molecule has 1 atom stereocenters. The van der Waals surface area contributed by atoms with E-state index >= 15 is 0 Å². The lowest BCUT2D eigenvalue weighted by atomic mass is 9.98. The molecule has 3 heteroatoms. The number of rotatable bonds is 1. The standard InChI is InChI=1S/C7H14FNO/c8-7(6-10)2-1-4-9-5-3-7/h9-10H,1-6H2. The minimum absolute atomic E-state index is 0.325. The van der Waals surface area contributed by atoms with Gasteiger partial charge in [0.05, 0.1) is 6.61 Å². The smallest absolute Gasteiger partial charge is 0.135 e. The summed E-state index contributed by atoms with van der Waals surface area (Å²) in [4.78, 5) is 0. The van der Waals surface area contributed by atoms with Gasteiger partial charge in [-0.3, -0.25) is 0 Å². The van der Waals surface area contributed by atoms with Gasteiger partial charge in [-0.25, -0.2) is 4.39 Å². The van der Waals surface area contributed by atoms with Crippen LogP contribution in [0.15, 0.2) is 0 Å². The second-order valence-electron chi connectivity index (χ2n) is 2.91. The van der Waals surface area contributed by atoms with Crippen LogP contribution in [0.5, 0.6) is 0 Å². The van der Waals surface area contributed by atoms with E-state index < -0.39 is 5.67 Å². The van der Waals surface area contributed by atoms with Crippen LogP contribution in [0, 0.1) is 0 Å². The number of hydrogen-bond donors (Lipinski definition) is 2. The number of hydrogen-bond acceptors (Lipinski definition) is 2. The maximum absolute atomic E-state index is 13.3. The molecule has 0 bridgehead atoms. The van der Waals surface area contributed by atoms with Crippen molar-refractivity contribution in [2.24, 2.45) is 0 Å². The van der Waals surface area contributed by atoms with Crippen LogP contribution in [-0.2, 0) is 0 Å². The molecule has 0 saturated carbocycles. The highest BCUT2D eigenvalue weighted by atomic mass is 19.1. The summed E-state index contributed by atoms with van der Waals surface area (Å²) < 4.78 is 13.3. The molecule has 1 unspecified atom stereocenters. The first kappa shape index (κ1) is 7.95. The second kappa shape index (κ2) is 3.30. The summed E-state index contributed by atoms with van der Waals surface area (Å²) >= 11 is 0. The van der Waals surface area contributed by atoms with Gasteiger partial charge in [0.2, 0.25) is 0 Å². The average Bonchev–Trinajstić information content (AvgIpc) is 2.15. The van der Waals surface area contributed by atoms with Gasteiger partial charge in [-0.15, -0.1) is 0 Å². The zero-order valence-corrected chi connectivity index (χ0v) is 6.07. The summed E-state index contributed by atoms with van der Waals surface area (Å²) in [5, 5.41) is 11.8. The van der Waals surface area contributed by atoms with E-state index in [4.69, 9.17) is 5.11 Å². The molecular weight excluding hydrogens is 133 g/mol. The van der Waals surface area contributed by atoms with Crippen LogP contribution in [0.25, 0.3) is 0 Å². The van der Waals surface area contributed by atoms with Gasteiger partial charge in [0, 0.05) is 0 Å². The van der Waals surface area contributed by atoms with Crippen molar-refractivity contribution in [2.45, 2.75) is 24.9 Å². The molecule has 0 aliphatic carbocycles. The van der Waals surface area contributed by atoms with Crippen LogP contribution in [0.3, 0.4) is 0 Å². The molecule has 2 N–H and O–H groups in total. The molecule has 1 aliphatic heterocycles. The second-order valence-corrected chi connectivity index (χ2v) is 2.91. The molecule has 10 heavy (non-hydrogen) atoms. The van der Waals surface area contributed by atoms with E-state index in [0.717, 1.165) is 13.0 Å². The van der Waals surface area contributed by atoms with Crippen LogP contribution in [-0.4, -0.2) is 30.5 Å². The van der Waals surface area contributed by atoms with Crippen molar-refractivity contribution in [3.63, 3.8) is 0 Å². The van der Waals surface area contributed by atoms with E-state index in [-0.39, 0.29) is 6.61 Å². The summed E-state index contributed by atoms with van der Waals surface area (Å²) in [7, 11) is 0. The SMILES string of the molecule is OCC1(F)CCCNCC1. The van der Waals surface area contributed by atoms with Crippen LogP contribution in [0.1, 0.15) is 19.3 Å². The molecule has 2 nitrogen and oxygen atoms in total. The van der Waals surface area contributed by atoms with Gasteiger partial charge in [0.1, 0.15) is 5.67 Å². The Morgan fingerprint density at radius 1 is 1.40 bits per heavy atom. The summed E-state index contributed by atoms with van der Waals surface area (Å²) in [6.45, 7) is 1.25. The van der Waals surface area contributed by atoms with Crippen molar-refractivity contribution >= 4 is 0 Å². The van der Waals surface area contributed by atoms with Gasteiger partial charge in [-0.1, -0.05) is 0 Å². The van der Waals surface area contributed by atoms with Gasteiger partial charge >= 0.3 is 0 Å². The molecule has 0 amide bonds. The highest BCUT2D eigenvalue weighted by molar-refractivity contribution is 4.81. The lowest BCUT2D eigenvalue weighted by Crippen LogP contribution is -2.28. The van der Waals surface area contributed by atoms with Crippen LogP contribution < -0.4 is 5.32 Å². The maximum atomic E-state index is 13.3. The van der Waals surface area contributed by atoms with E-state index in [1.165, 1.54) is 0 Å². The van der Waals surface area contributed by atoms with E-state index in [1.807, 2.05) is 0 Å². The Balaban J connectivity index is 2.41. The Bertz CT molecular complexity index is 99.8. The summed E-state index contributed by atoms with van der Waals surface area (Å²) in [5.74, 6) is 0. The van der Waals surface area contributed by atoms with Gasteiger partial charge < -0.3 is 10.4 Å². The zero-order valence-electron chi connectivity index (χ0n) is 6.07. The number of aliphatic hydroxyl groups is 1. The van der Waals surface area contributed by atoms with E-state index in [2.05, 4.69) is 5.32 Å². The fourth-order valence-corrected chi connectivity index (χ4v) is 1.25. The number of alkyl halides is 1. The quantitative estimate of drug-likeness (QED) is 0.564. The number of halogens is 1. The maximum Gasteiger partial charge on any atom is 0.135 e. The molecule has 60 valence electrons. The van der Waals surface area contributed by atoms with Crippen LogP contribution in [0.2, 0.25) is 0 Å². The topological polar surface area (TPSA) is 32.3 Å². The molecule has 0 radical (unpaired) electrons. The predicted molar refractivity (Wildman–Crippen MR) is 37.6 cm³/mol. The zero-order chi connectivity index (χ0) is 7.45. The Morgan fingerprint density at radius 2 is 2.20 bits per heavy atom. The third-order valence-corrected chi connectivity index (χ3v) is 2.01. The molecule has 1 rings (SSSR count). The van der Waals surface area contributed by atoms with Crippen molar-refractivity contribution < 1.29 is 9.50 Å². The molecule has 0 aromatic rings. The largest absolute Gasteiger partial charge is 0.393 e. The molecule has 0 aromatic carbocycles. The van der Waals surface area contributed by atoms with Gasteiger partial charge in [0.25, 0.3) is 0 Å². The summed E-state index contributed by atoms with van der Waals surface area (Å²) in [5.41, 5.74) is -1.30. The third kappa shape index (κ3) is 1.92. The van der Waals surface area contributed by atoms with Gasteiger partial charge in [0.15, 0.2) is 0 Å². The fourth-order valence-electron chi connectivity index (χ4n) is 1.25. The van der Waals surface area contributed by atoms with E-state index in [0.29, 0.717) is 19.4 Å². The third-order valence-electron chi connectivity index (χ3n) is 2.01. The van der Waals surface area contributed by atoms with Crippen LogP contribution >= 0.6 is 0 Å². The first-order valence-corrected chi connectivity index (χ1v) is 3.77. The normalized spacial score (nSPS) is 35.4. The first-order valence-electron chi connectivity index (χ1n) is 3.77. The Morgan fingerprint density at radius 3 is 2.90 bits per heavy atom. The monoisotopic (exact) mass is 147 g/mol. The highest BCUT2D eigenvalue weighted by Crippen LogP contribution is 2.22. The van der Waals surface area contributed by atoms with E-state index in [9.17, 15) is 4.39 Å². The molecule has 0 aromatic heterocycles. The van der Waals surface area contributed by atoms with Crippen LogP contribution in [0.4, 0.5) is 4.39 Å². The van der Waals surface area contributed by atoms with Crippen molar-refractivity contribution in [1.82, 2.24) is 5.32 Å². The van der Waals surface area contributed by atoms with Crippen molar-refractivity contribution in [3.05, 3.63) is 0 Å². The first-order chi connectivity index (χ1) is 4.77. The minimum atomic E-state index is -1.30. The lowest BCUT2D eigenvalue weighted by Gasteiger charge is -2.19. The summed E-state index contributed by atoms with van der Waals surface area (Å²) in [6.07, 6.45) is 1.77. The highest BCUT2D eigenvalue weighted by Gasteiger charge is 2.28. The molecule has 1 heterocycles. The summed E-state index contributed by atoms with van der Waals surface area (Å²) in [6, 6.07) is 0. The van der Waals surface area contributed by atoms with E-state index in [1.54, 1.807) is 0 Å². The number of nitrogens with one attached hydrogen (secondary N) is 1. The average molecular weight is 147 g/mol. The molecule has 1 saturated heterocycles. The molecule has 1 fully saturated rings. The fraction of sp³-hybridized carbons (Fsp3) is 1.00. The van der Waals surface area contributed by atoms with Crippen molar-refractivity contribution in [2.75, 3.05) is 19.7 Å². The predicted octanol–water partition coefficient (Wildman–Crippen LogP) is 0.461. The Hall–Kier alpha value is -0.150. The Kier molecular flexibility index (Phi) is 2.63. The van der Waals surface area contributed by atoms with Crippen molar-refractivity contribution in [1.29, 1.82) is 0 Å². The molecule has 0 spiro atoms. The molecular formula is C7H14FNO.